The molecule has 1 N–H and O–H groups in total. The summed E-state index contributed by atoms with van der Waals surface area (Å²) < 4.78 is 5.56. The van der Waals surface area contributed by atoms with E-state index in [1.54, 1.807) is 12.1 Å². The monoisotopic (exact) mass is 255 g/mol. The number of nitrogens with zero attached hydrogens (tertiary/aromatic N) is 1. The lowest BCUT2D eigenvalue weighted by atomic mass is 10.1. The van der Waals surface area contributed by atoms with Crippen molar-refractivity contribution in [2.75, 3.05) is 18.1 Å². The molecule has 1 aromatic carbocycles. The Balaban J connectivity index is 2.29. The van der Waals surface area contributed by atoms with Gasteiger partial charge in [-0.25, -0.2) is 0 Å². The number of carbonyl (C=O) groups is 1. The highest BCUT2D eigenvalue weighted by atomic mass is 35.5. The second kappa shape index (κ2) is 4.84. The van der Waals surface area contributed by atoms with Crippen molar-refractivity contribution in [2.24, 2.45) is 0 Å². The molecule has 0 saturated carbocycles. The molecule has 5 heteroatoms. The van der Waals surface area contributed by atoms with E-state index in [0.717, 1.165) is 18.0 Å². The van der Waals surface area contributed by atoms with Gasteiger partial charge in [0.05, 0.1) is 18.2 Å². The Hall–Kier alpha value is -1.42. The summed E-state index contributed by atoms with van der Waals surface area (Å²) in [5.41, 5.74) is 0.911. The van der Waals surface area contributed by atoms with Crippen molar-refractivity contribution < 1.29 is 14.6 Å². The molecule has 0 aromatic heterocycles. The second-order valence-corrected chi connectivity index (χ2v) is 4.40. The maximum atomic E-state index is 10.8. The van der Waals surface area contributed by atoms with Crippen LogP contribution in [0.3, 0.4) is 0 Å². The van der Waals surface area contributed by atoms with Gasteiger partial charge in [0.15, 0.2) is 0 Å². The average Bonchev–Trinajstić information content (AvgIpc) is 2.28. The lowest BCUT2D eigenvalue weighted by molar-refractivity contribution is -0.137. The molecule has 1 aliphatic rings. The van der Waals surface area contributed by atoms with Gasteiger partial charge < -0.3 is 14.7 Å². The molecule has 1 aliphatic heterocycles. The van der Waals surface area contributed by atoms with Gasteiger partial charge in [-0.2, -0.15) is 0 Å². The smallest absolute Gasteiger partial charge is 0.305 e. The fourth-order valence-electron chi connectivity index (χ4n) is 2.11. The van der Waals surface area contributed by atoms with E-state index in [1.807, 2.05) is 17.9 Å². The molecule has 4 nitrogen and oxygen atoms in total. The van der Waals surface area contributed by atoms with Crippen molar-refractivity contribution in [3.05, 3.63) is 23.2 Å². The van der Waals surface area contributed by atoms with Gasteiger partial charge in [0.2, 0.25) is 0 Å². The first kappa shape index (κ1) is 12.0. The molecule has 0 spiro atoms. The number of carboxylic acid groups (broad SMARTS) is 1. The van der Waals surface area contributed by atoms with Crippen LogP contribution in [0.4, 0.5) is 5.69 Å². The molecule has 0 radical (unpaired) electrons. The molecule has 1 heterocycles. The molecule has 0 saturated heterocycles. The van der Waals surface area contributed by atoms with E-state index < -0.39 is 5.97 Å². The predicted molar refractivity (Wildman–Crippen MR) is 66.0 cm³/mol. The normalized spacial score (nSPS) is 18.5. The van der Waals surface area contributed by atoms with Crippen LogP contribution >= 0.6 is 11.6 Å². The number of likely N-dealkylation sites (N-methyl/N-ethyl adjacent to an activating group) is 1. The van der Waals surface area contributed by atoms with Crippen LogP contribution in [0, 0.1) is 0 Å². The van der Waals surface area contributed by atoms with Crippen LogP contribution in [0.25, 0.3) is 0 Å². The third-order valence-corrected chi connectivity index (χ3v) is 3.09. The number of fused-ring (bicyclic) bond motifs is 1. The molecule has 1 unspecified atom stereocenters. The molecule has 1 atom stereocenters. The van der Waals surface area contributed by atoms with Crippen LogP contribution in [0.5, 0.6) is 5.75 Å². The van der Waals surface area contributed by atoms with E-state index in [1.165, 1.54) is 0 Å². The zero-order chi connectivity index (χ0) is 12.4. The minimum atomic E-state index is -0.811. The van der Waals surface area contributed by atoms with Crippen LogP contribution in [0.2, 0.25) is 5.02 Å². The van der Waals surface area contributed by atoms with Gasteiger partial charge in [-0.1, -0.05) is 11.6 Å². The van der Waals surface area contributed by atoms with Gasteiger partial charge >= 0.3 is 5.97 Å². The number of hydrogen-bond donors (Lipinski definition) is 1. The third-order valence-electron chi connectivity index (χ3n) is 2.85. The first-order valence-corrected chi connectivity index (χ1v) is 5.90. The molecule has 1 aromatic rings. The van der Waals surface area contributed by atoms with Crippen molar-refractivity contribution in [3.8, 4) is 5.75 Å². The van der Waals surface area contributed by atoms with E-state index in [4.69, 9.17) is 21.4 Å². The Morgan fingerprint density at radius 1 is 1.65 bits per heavy atom. The van der Waals surface area contributed by atoms with Crippen LogP contribution < -0.4 is 9.64 Å². The number of aliphatic carboxylic acids is 1. The summed E-state index contributed by atoms with van der Waals surface area (Å²) in [6.07, 6.45) is 0.0793. The molecule has 0 fully saturated rings. The molecular weight excluding hydrogens is 242 g/mol. The highest BCUT2D eigenvalue weighted by Gasteiger charge is 2.28. The van der Waals surface area contributed by atoms with Crippen molar-refractivity contribution in [1.29, 1.82) is 0 Å². The summed E-state index contributed by atoms with van der Waals surface area (Å²) >= 11 is 5.90. The molecule has 0 bridgehead atoms. The SMILES string of the molecule is CCN1c2ccc(Cl)cc2OCC1CC(=O)O. The maximum absolute atomic E-state index is 10.8. The topological polar surface area (TPSA) is 49.8 Å². The number of ether oxygens (including phenoxy) is 1. The van der Waals surface area contributed by atoms with Crippen molar-refractivity contribution in [2.45, 2.75) is 19.4 Å². The summed E-state index contributed by atoms with van der Waals surface area (Å²) in [5, 5.41) is 9.49. The highest BCUT2D eigenvalue weighted by Crippen LogP contribution is 2.36. The van der Waals surface area contributed by atoms with Gasteiger partial charge in [0.1, 0.15) is 12.4 Å². The molecule has 0 amide bonds. The first-order valence-electron chi connectivity index (χ1n) is 5.52. The number of hydrogen-bond acceptors (Lipinski definition) is 3. The number of halogens is 1. The Labute approximate surface area is 105 Å². The van der Waals surface area contributed by atoms with Crippen LogP contribution in [0.1, 0.15) is 13.3 Å². The Morgan fingerprint density at radius 3 is 3.06 bits per heavy atom. The van der Waals surface area contributed by atoms with Crippen LogP contribution in [0.15, 0.2) is 18.2 Å². The summed E-state index contributed by atoms with van der Waals surface area (Å²) in [6, 6.07) is 5.30. The predicted octanol–water partition coefficient (Wildman–Crippen LogP) is 2.40. The number of rotatable bonds is 3. The van der Waals surface area contributed by atoms with Gasteiger partial charge in [-0.15, -0.1) is 0 Å². The average molecular weight is 256 g/mol. The highest BCUT2D eigenvalue weighted by molar-refractivity contribution is 6.30. The van der Waals surface area contributed by atoms with Gasteiger partial charge in [-0.05, 0) is 19.1 Å². The fraction of sp³-hybridized carbons (Fsp3) is 0.417. The minimum absolute atomic E-state index is 0.0793. The van der Waals surface area contributed by atoms with Crippen molar-refractivity contribution >= 4 is 23.3 Å². The zero-order valence-corrected chi connectivity index (χ0v) is 10.3. The van der Waals surface area contributed by atoms with Crippen molar-refractivity contribution in [1.82, 2.24) is 0 Å². The first-order chi connectivity index (χ1) is 8.11. The number of anilines is 1. The molecule has 0 aliphatic carbocycles. The zero-order valence-electron chi connectivity index (χ0n) is 9.52. The van der Waals surface area contributed by atoms with Gasteiger partial charge in [-0.3, -0.25) is 4.79 Å². The molecule has 17 heavy (non-hydrogen) atoms. The second-order valence-electron chi connectivity index (χ2n) is 3.96. The summed E-state index contributed by atoms with van der Waals surface area (Å²) in [6.45, 7) is 3.13. The Morgan fingerprint density at radius 2 is 2.41 bits per heavy atom. The quantitative estimate of drug-likeness (QED) is 0.901. The fourth-order valence-corrected chi connectivity index (χ4v) is 2.27. The largest absolute Gasteiger partial charge is 0.489 e. The van der Waals surface area contributed by atoms with E-state index in [0.29, 0.717) is 11.6 Å². The summed E-state index contributed by atoms with van der Waals surface area (Å²) in [7, 11) is 0. The Bertz CT molecular complexity index is 436. The maximum Gasteiger partial charge on any atom is 0.305 e. The lowest BCUT2D eigenvalue weighted by Crippen LogP contribution is -2.44. The van der Waals surface area contributed by atoms with Crippen LogP contribution in [-0.4, -0.2) is 30.3 Å². The van der Waals surface area contributed by atoms with Gasteiger partial charge in [0, 0.05) is 17.6 Å². The van der Waals surface area contributed by atoms with E-state index in [-0.39, 0.29) is 12.5 Å². The van der Waals surface area contributed by atoms with E-state index >= 15 is 0 Å². The minimum Gasteiger partial charge on any atom is -0.489 e. The van der Waals surface area contributed by atoms with E-state index in [2.05, 4.69) is 0 Å². The summed E-state index contributed by atoms with van der Waals surface area (Å²) in [5.74, 6) is -0.0875. The number of benzene rings is 1. The molecule has 92 valence electrons. The molecular formula is C12H14ClNO3. The van der Waals surface area contributed by atoms with Crippen molar-refractivity contribution in [3.63, 3.8) is 0 Å². The lowest BCUT2D eigenvalue weighted by Gasteiger charge is -2.37. The third kappa shape index (κ3) is 2.47. The van der Waals surface area contributed by atoms with Gasteiger partial charge in [0.25, 0.3) is 0 Å². The Kier molecular flexibility index (Phi) is 3.43. The number of carboxylic acids is 1. The standard InChI is InChI=1S/C12H14ClNO3/c1-2-14-9(6-12(15)16)7-17-11-5-8(13)3-4-10(11)14/h3-5,9H,2,6-7H2,1H3,(H,15,16). The van der Waals surface area contributed by atoms with E-state index in [9.17, 15) is 4.79 Å². The summed E-state index contributed by atoms with van der Waals surface area (Å²) in [4.78, 5) is 12.8. The molecule has 2 rings (SSSR count). The van der Waals surface area contributed by atoms with Crippen LogP contribution in [-0.2, 0) is 4.79 Å².